The van der Waals surface area contributed by atoms with E-state index in [1.165, 1.54) is 0 Å². The van der Waals surface area contributed by atoms with E-state index in [0.717, 1.165) is 48.7 Å². The number of nitrogens with zero attached hydrogens (tertiary/aromatic N) is 3. The third-order valence-electron chi connectivity index (χ3n) is 5.42. The predicted molar refractivity (Wildman–Crippen MR) is 123 cm³/mol. The molecule has 1 amide bonds. The number of piperidine rings is 1. The Morgan fingerprint density at radius 3 is 2.77 bits per heavy atom. The maximum atomic E-state index is 12.8. The molecule has 0 bridgehead atoms. The Balaban J connectivity index is 1.42. The molecule has 1 aliphatic heterocycles. The first-order valence-corrected chi connectivity index (χ1v) is 10.5. The standard InChI is InChI=1S/C23H26ClN5O/c1-28(2)20-7-3-5-17(13-20)23(30)25-19-6-4-12-29(15-19)22-14-21(26-27-22)16-8-10-18(24)11-9-16/h3,5,7-11,13-14,19H,4,6,12,15H2,1-2H3,(H,25,30)(H,26,27)/t19-/m1/s1. The van der Waals surface area contributed by atoms with Gasteiger partial charge in [0.25, 0.3) is 5.91 Å². The number of halogens is 1. The van der Waals surface area contributed by atoms with Crippen LogP contribution >= 0.6 is 11.6 Å². The molecule has 0 saturated carbocycles. The number of anilines is 2. The molecule has 4 rings (SSSR count). The van der Waals surface area contributed by atoms with Crippen molar-refractivity contribution >= 4 is 29.0 Å². The van der Waals surface area contributed by atoms with Gasteiger partial charge in [-0.15, -0.1) is 0 Å². The monoisotopic (exact) mass is 423 g/mol. The molecule has 0 unspecified atom stereocenters. The quantitative estimate of drug-likeness (QED) is 0.645. The van der Waals surface area contributed by atoms with Gasteiger partial charge in [-0.25, -0.2) is 0 Å². The van der Waals surface area contributed by atoms with Crippen molar-refractivity contribution in [2.24, 2.45) is 0 Å². The molecule has 1 aromatic heterocycles. The number of rotatable bonds is 5. The van der Waals surface area contributed by atoms with E-state index in [9.17, 15) is 4.79 Å². The molecule has 30 heavy (non-hydrogen) atoms. The average molecular weight is 424 g/mol. The van der Waals surface area contributed by atoms with Gasteiger partial charge in [-0.1, -0.05) is 29.8 Å². The minimum absolute atomic E-state index is 0.0329. The number of aromatic amines is 1. The topological polar surface area (TPSA) is 64.3 Å². The molecule has 3 aromatic rings. The van der Waals surface area contributed by atoms with Gasteiger partial charge in [-0.2, -0.15) is 5.10 Å². The highest BCUT2D eigenvalue weighted by Crippen LogP contribution is 2.25. The van der Waals surface area contributed by atoms with Crippen LogP contribution in [0.2, 0.25) is 5.02 Å². The van der Waals surface area contributed by atoms with Crippen LogP contribution in [-0.2, 0) is 0 Å². The summed E-state index contributed by atoms with van der Waals surface area (Å²) in [5, 5.41) is 11.5. The summed E-state index contributed by atoms with van der Waals surface area (Å²) in [6, 6.07) is 17.5. The van der Waals surface area contributed by atoms with Gasteiger partial charge < -0.3 is 15.1 Å². The molecule has 0 aliphatic carbocycles. The van der Waals surface area contributed by atoms with E-state index in [1.807, 2.05) is 73.6 Å². The van der Waals surface area contributed by atoms with E-state index in [0.29, 0.717) is 10.6 Å². The van der Waals surface area contributed by atoms with Crippen LogP contribution in [0.4, 0.5) is 11.5 Å². The Labute approximate surface area is 181 Å². The van der Waals surface area contributed by atoms with E-state index < -0.39 is 0 Å². The number of H-pyrrole nitrogens is 1. The maximum absolute atomic E-state index is 12.8. The zero-order chi connectivity index (χ0) is 21.1. The summed E-state index contributed by atoms with van der Waals surface area (Å²) in [6.45, 7) is 1.66. The predicted octanol–water partition coefficient (Wildman–Crippen LogP) is 4.19. The number of amides is 1. The van der Waals surface area contributed by atoms with Crippen LogP contribution in [0.15, 0.2) is 54.6 Å². The van der Waals surface area contributed by atoms with Gasteiger partial charge in [-0.3, -0.25) is 9.89 Å². The molecular weight excluding hydrogens is 398 g/mol. The lowest BCUT2D eigenvalue weighted by Gasteiger charge is -2.33. The highest BCUT2D eigenvalue weighted by molar-refractivity contribution is 6.30. The highest BCUT2D eigenvalue weighted by atomic mass is 35.5. The van der Waals surface area contributed by atoms with Crippen LogP contribution in [0.3, 0.4) is 0 Å². The molecule has 2 aromatic carbocycles. The normalized spacial score (nSPS) is 16.4. The van der Waals surface area contributed by atoms with Crippen LogP contribution in [0.1, 0.15) is 23.2 Å². The number of hydrogen-bond acceptors (Lipinski definition) is 4. The molecule has 6 nitrogen and oxygen atoms in total. The van der Waals surface area contributed by atoms with Crippen molar-refractivity contribution in [2.75, 3.05) is 37.0 Å². The summed E-state index contributed by atoms with van der Waals surface area (Å²) in [6.07, 6.45) is 1.97. The van der Waals surface area contributed by atoms with Crippen LogP contribution in [0.5, 0.6) is 0 Å². The van der Waals surface area contributed by atoms with E-state index in [4.69, 9.17) is 11.6 Å². The zero-order valence-electron chi connectivity index (χ0n) is 17.2. The van der Waals surface area contributed by atoms with Crippen LogP contribution in [0.25, 0.3) is 11.3 Å². The largest absolute Gasteiger partial charge is 0.378 e. The lowest BCUT2D eigenvalue weighted by atomic mass is 10.0. The first kappa shape index (κ1) is 20.3. The van der Waals surface area contributed by atoms with Gasteiger partial charge in [0, 0.05) is 55.6 Å². The van der Waals surface area contributed by atoms with Gasteiger partial charge in [-0.05, 0) is 48.7 Å². The first-order valence-electron chi connectivity index (χ1n) is 10.1. The van der Waals surface area contributed by atoms with E-state index in [1.54, 1.807) is 0 Å². The van der Waals surface area contributed by atoms with Crippen LogP contribution in [0, 0.1) is 0 Å². The Morgan fingerprint density at radius 2 is 2.00 bits per heavy atom. The lowest BCUT2D eigenvalue weighted by molar-refractivity contribution is 0.0933. The number of hydrogen-bond donors (Lipinski definition) is 2. The third-order valence-corrected chi connectivity index (χ3v) is 5.68. The number of carbonyl (C=O) groups excluding carboxylic acids is 1. The van der Waals surface area contributed by atoms with E-state index in [-0.39, 0.29) is 11.9 Å². The number of nitrogens with one attached hydrogen (secondary N) is 2. The molecule has 2 N–H and O–H groups in total. The van der Waals surface area contributed by atoms with Gasteiger partial charge in [0.1, 0.15) is 0 Å². The van der Waals surface area contributed by atoms with Crippen molar-refractivity contribution in [1.82, 2.24) is 15.5 Å². The molecule has 156 valence electrons. The van der Waals surface area contributed by atoms with Crippen molar-refractivity contribution in [3.05, 3.63) is 65.2 Å². The Morgan fingerprint density at radius 1 is 1.20 bits per heavy atom. The van der Waals surface area contributed by atoms with E-state index in [2.05, 4.69) is 20.4 Å². The number of aromatic nitrogens is 2. The summed E-state index contributed by atoms with van der Waals surface area (Å²) in [4.78, 5) is 17.0. The van der Waals surface area contributed by atoms with Crippen LogP contribution < -0.4 is 15.1 Å². The zero-order valence-corrected chi connectivity index (χ0v) is 18.0. The average Bonchev–Trinajstić information content (AvgIpc) is 3.25. The van der Waals surface area contributed by atoms with Crippen molar-refractivity contribution in [3.63, 3.8) is 0 Å². The van der Waals surface area contributed by atoms with Crippen molar-refractivity contribution in [3.8, 4) is 11.3 Å². The molecular formula is C23H26ClN5O. The Bertz CT molecular complexity index is 1010. The van der Waals surface area contributed by atoms with Gasteiger partial charge in [0.05, 0.1) is 5.69 Å². The Hall–Kier alpha value is -2.99. The fourth-order valence-corrected chi connectivity index (χ4v) is 3.87. The maximum Gasteiger partial charge on any atom is 0.251 e. The van der Waals surface area contributed by atoms with Crippen molar-refractivity contribution in [1.29, 1.82) is 0 Å². The molecule has 1 atom stereocenters. The second-order valence-electron chi connectivity index (χ2n) is 7.85. The molecule has 7 heteroatoms. The van der Waals surface area contributed by atoms with Crippen molar-refractivity contribution < 1.29 is 4.79 Å². The smallest absolute Gasteiger partial charge is 0.251 e. The van der Waals surface area contributed by atoms with Gasteiger partial charge >= 0.3 is 0 Å². The fraction of sp³-hybridized carbons (Fsp3) is 0.304. The summed E-state index contributed by atoms with van der Waals surface area (Å²) in [5.41, 5.74) is 3.69. The highest BCUT2D eigenvalue weighted by Gasteiger charge is 2.24. The summed E-state index contributed by atoms with van der Waals surface area (Å²) >= 11 is 5.98. The van der Waals surface area contributed by atoms with Gasteiger partial charge in [0.2, 0.25) is 0 Å². The minimum atomic E-state index is -0.0329. The molecule has 1 saturated heterocycles. The fourth-order valence-electron chi connectivity index (χ4n) is 3.75. The van der Waals surface area contributed by atoms with Crippen molar-refractivity contribution in [2.45, 2.75) is 18.9 Å². The summed E-state index contributed by atoms with van der Waals surface area (Å²) in [7, 11) is 3.94. The summed E-state index contributed by atoms with van der Waals surface area (Å²) in [5.74, 6) is 0.864. The lowest BCUT2D eigenvalue weighted by Crippen LogP contribution is -2.48. The number of carbonyl (C=O) groups is 1. The van der Waals surface area contributed by atoms with E-state index >= 15 is 0 Å². The molecule has 0 radical (unpaired) electrons. The second kappa shape index (κ2) is 8.79. The third kappa shape index (κ3) is 4.60. The second-order valence-corrected chi connectivity index (χ2v) is 8.29. The number of benzene rings is 2. The first-order chi connectivity index (χ1) is 14.5. The molecule has 0 spiro atoms. The SMILES string of the molecule is CN(C)c1cccc(C(=O)N[C@@H]2CCCN(c3cc(-c4ccc(Cl)cc4)[nH]n3)C2)c1. The Kier molecular flexibility index (Phi) is 5.95. The minimum Gasteiger partial charge on any atom is -0.378 e. The summed E-state index contributed by atoms with van der Waals surface area (Å²) < 4.78 is 0. The molecule has 2 heterocycles. The van der Waals surface area contributed by atoms with Gasteiger partial charge in [0.15, 0.2) is 5.82 Å². The molecule has 1 aliphatic rings. The van der Waals surface area contributed by atoms with Crippen LogP contribution in [-0.4, -0.2) is 49.3 Å². The molecule has 1 fully saturated rings.